The lowest BCUT2D eigenvalue weighted by molar-refractivity contribution is -0.123. The van der Waals surface area contributed by atoms with Gasteiger partial charge in [-0.15, -0.1) is 0 Å². The Morgan fingerprint density at radius 1 is 1.12 bits per heavy atom. The number of nitrogens with one attached hydrogen (secondary N) is 3. The molecule has 0 aromatic rings. The van der Waals surface area contributed by atoms with Crippen LogP contribution in [0.1, 0.15) is 59.3 Å². The Morgan fingerprint density at radius 2 is 1.81 bits per heavy atom. The predicted molar refractivity (Wildman–Crippen MR) is 116 cm³/mol. The molecule has 0 saturated carbocycles. The van der Waals surface area contributed by atoms with Gasteiger partial charge >= 0.3 is 0 Å². The molecule has 0 heterocycles. The lowest BCUT2D eigenvalue weighted by atomic mass is 9.90. The zero-order valence-corrected chi connectivity index (χ0v) is 19.1. The quantitative estimate of drug-likeness (QED) is 0.149. The van der Waals surface area contributed by atoms with Crippen LogP contribution in [0.3, 0.4) is 0 Å². The first kappa shape index (κ1) is 26.1. The second-order valence-corrected chi connectivity index (χ2v) is 8.58. The Hall–Kier alpha value is 0.130. The number of unbranched alkanes of at least 4 members (excludes halogenated alkanes) is 1. The van der Waals surface area contributed by atoms with Crippen LogP contribution in [0, 0.1) is 5.41 Å². The number of nitrogens with two attached hydrogens (primary N) is 2. The van der Waals surface area contributed by atoms with E-state index in [4.69, 9.17) is 16.2 Å². The van der Waals surface area contributed by atoms with Crippen LogP contribution in [-0.4, -0.2) is 43.9 Å². The van der Waals surface area contributed by atoms with E-state index >= 15 is 0 Å². The van der Waals surface area contributed by atoms with Crippen molar-refractivity contribution in [1.82, 2.24) is 15.5 Å². The van der Waals surface area contributed by atoms with Gasteiger partial charge in [0.2, 0.25) is 5.91 Å². The van der Waals surface area contributed by atoms with Crippen molar-refractivity contribution < 1.29 is 9.53 Å². The summed E-state index contributed by atoms with van der Waals surface area (Å²) in [5.41, 5.74) is 11.3. The molecule has 0 aromatic heterocycles. The molecule has 0 radical (unpaired) electrons. The van der Waals surface area contributed by atoms with Crippen molar-refractivity contribution in [1.29, 1.82) is 0 Å². The Balaban J connectivity index is 3.97. The maximum absolute atomic E-state index is 12.2. The number of hydrogen-bond acceptors (Lipinski definition) is 6. The average molecular weight is 409 g/mol. The summed E-state index contributed by atoms with van der Waals surface area (Å²) in [7, 11) is 4.92. The molecule has 0 spiro atoms. The van der Waals surface area contributed by atoms with Gasteiger partial charge in [0.25, 0.3) is 0 Å². The number of hydrogen-bond donors (Lipinski definition) is 5. The molecular formula is C17H41N5O2P2. The van der Waals surface area contributed by atoms with Crippen LogP contribution in [0.5, 0.6) is 0 Å². The predicted octanol–water partition coefficient (Wildman–Crippen LogP) is 1.25. The van der Waals surface area contributed by atoms with Crippen LogP contribution < -0.4 is 27.0 Å². The monoisotopic (exact) mass is 409 g/mol. The summed E-state index contributed by atoms with van der Waals surface area (Å²) >= 11 is 0. The normalized spacial score (nSPS) is 15.5. The summed E-state index contributed by atoms with van der Waals surface area (Å²) in [6.07, 6.45) is 5.20. The van der Waals surface area contributed by atoms with E-state index in [0.29, 0.717) is 26.1 Å². The molecule has 1 amide bonds. The minimum atomic E-state index is -0.682. The number of amides is 1. The van der Waals surface area contributed by atoms with Crippen molar-refractivity contribution in [2.24, 2.45) is 16.9 Å². The molecule has 0 bridgehead atoms. The zero-order chi connectivity index (χ0) is 20.1. The number of rotatable bonds is 16. The lowest BCUT2D eigenvalue weighted by Gasteiger charge is -2.28. The van der Waals surface area contributed by atoms with Crippen molar-refractivity contribution in [3.8, 4) is 0 Å². The maximum atomic E-state index is 12.2. The molecule has 0 fully saturated rings. The molecular weight excluding hydrogens is 368 g/mol. The first-order chi connectivity index (χ1) is 12.2. The third-order valence-corrected chi connectivity index (χ3v) is 5.19. The van der Waals surface area contributed by atoms with Gasteiger partial charge in [0.15, 0.2) is 0 Å². The third-order valence-electron chi connectivity index (χ3n) is 4.49. The van der Waals surface area contributed by atoms with Crippen LogP contribution in [0.15, 0.2) is 0 Å². The zero-order valence-electron chi connectivity index (χ0n) is 16.8. The average Bonchev–Trinajstić information content (AvgIpc) is 2.58. The van der Waals surface area contributed by atoms with E-state index in [1.54, 1.807) is 0 Å². The minimum absolute atomic E-state index is 0.0307. The highest BCUT2D eigenvalue weighted by molar-refractivity contribution is 7.13. The van der Waals surface area contributed by atoms with Gasteiger partial charge in [0.1, 0.15) is 5.72 Å². The standard InChI is InChI=1S/C17H41N5O2P2/c1-16(2,13-18)9-12-24-17(3,19)8-6-10-20-15(23)14(22-26)7-4-5-11-21-25/h14,21-22H,4-13,18-19,25-26H2,1-3H3,(H,20,23). The van der Waals surface area contributed by atoms with Gasteiger partial charge < -0.3 is 26.6 Å². The van der Waals surface area contributed by atoms with E-state index in [1.165, 1.54) is 0 Å². The first-order valence-corrected chi connectivity index (χ1v) is 10.6. The summed E-state index contributed by atoms with van der Waals surface area (Å²) in [6.45, 7) is 8.88. The van der Waals surface area contributed by atoms with E-state index in [0.717, 1.165) is 38.6 Å². The lowest BCUT2D eigenvalue weighted by Crippen LogP contribution is -2.43. The second kappa shape index (κ2) is 14.2. The molecule has 0 rings (SSSR count). The van der Waals surface area contributed by atoms with Gasteiger partial charge in [-0.2, -0.15) is 0 Å². The smallest absolute Gasteiger partial charge is 0.237 e. The van der Waals surface area contributed by atoms with Gasteiger partial charge in [-0.25, -0.2) is 0 Å². The van der Waals surface area contributed by atoms with E-state index in [2.05, 4.69) is 48.1 Å². The summed E-state index contributed by atoms with van der Waals surface area (Å²) in [4.78, 5) is 12.2. The van der Waals surface area contributed by atoms with Gasteiger partial charge in [0, 0.05) is 13.2 Å². The largest absolute Gasteiger partial charge is 0.361 e. The van der Waals surface area contributed by atoms with Crippen LogP contribution in [0.25, 0.3) is 0 Å². The van der Waals surface area contributed by atoms with Crippen molar-refractivity contribution in [3.05, 3.63) is 0 Å². The van der Waals surface area contributed by atoms with Crippen molar-refractivity contribution in [2.45, 2.75) is 71.1 Å². The Morgan fingerprint density at radius 3 is 2.38 bits per heavy atom. The van der Waals surface area contributed by atoms with E-state index in [1.807, 2.05) is 6.92 Å². The topological polar surface area (TPSA) is 114 Å². The molecule has 0 aliphatic rings. The van der Waals surface area contributed by atoms with Crippen molar-refractivity contribution in [3.63, 3.8) is 0 Å². The number of carbonyl (C=O) groups is 1. The highest BCUT2D eigenvalue weighted by atomic mass is 31.0. The summed E-state index contributed by atoms with van der Waals surface area (Å²) in [6, 6.07) is -0.177. The van der Waals surface area contributed by atoms with E-state index in [9.17, 15) is 4.79 Å². The molecule has 4 atom stereocenters. The maximum Gasteiger partial charge on any atom is 0.237 e. The molecule has 7 N–H and O–H groups in total. The highest BCUT2D eigenvalue weighted by Crippen LogP contribution is 2.20. The molecule has 0 aliphatic carbocycles. The minimum Gasteiger partial charge on any atom is -0.361 e. The molecule has 4 unspecified atom stereocenters. The Kier molecular flexibility index (Phi) is 14.2. The van der Waals surface area contributed by atoms with Crippen LogP contribution >= 0.6 is 18.8 Å². The van der Waals surface area contributed by atoms with Crippen LogP contribution in [0.4, 0.5) is 0 Å². The summed E-state index contributed by atoms with van der Waals surface area (Å²) < 4.78 is 5.81. The molecule has 0 saturated heterocycles. The van der Waals surface area contributed by atoms with Gasteiger partial charge in [0.05, 0.1) is 6.04 Å². The van der Waals surface area contributed by atoms with Gasteiger partial charge in [-0.05, 0) is 57.5 Å². The van der Waals surface area contributed by atoms with Crippen LogP contribution in [-0.2, 0) is 9.53 Å². The van der Waals surface area contributed by atoms with Gasteiger partial charge in [-0.1, -0.05) is 39.0 Å². The molecule has 0 aromatic carbocycles. The summed E-state index contributed by atoms with van der Waals surface area (Å²) in [5.74, 6) is 0.0307. The number of carbonyl (C=O) groups excluding carboxylic acids is 1. The van der Waals surface area contributed by atoms with Crippen molar-refractivity contribution in [2.75, 3.05) is 26.2 Å². The Bertz CT molecular complexity index is 384. The fraction of sp³-hybridized carbons (Fsp3) is 0.941. The Labute approximate surface area is 164 Å². The van der Waals surface area contributed by atoms with Crippen LogP contribution in [0.2, 0.25) is 0 Å². The van der Waals surface area contributed by atoms with E-state index in [-0.39, 0.29) is 17.4 Å². The molecule has 156 valence electrons. The fourth-order valence-corrected chi connectivity index (χ4v) is 2.90. The SMILES string of the molecule is CC(C)(CN)CCOC(C)(N)CCCNC(=O)C(CCCCNP)NP. The van der Waals surface area contributed by atoms with E-state index < -0.39 is 5.72 Å². The molecule has 7 nitrogen and oxygen atoms in total. The van der Waals surface area contributed by atoms with Gasteiger partial charge in [-0.3, -0.25) is 9.88 Å². The first-order valence-electron chi connectivity index (χ1n) is 9.47. The highest BCUT2D eigenvalue weighted by Gasteiger charge is 2.22. The van der Waals surface area contributed by atoms with Crippen molar-refractivity contribution >= 4 is 24.7 Å². The molecule has 9 heteroatoms. The number of ether oxygens (including phenoxy) is 1. The summed E-state index contributed by atoms with van der Waals surface area (Å²) in [5, 5.41) is 9.01. The fourth-order valence-electron chi connectivity index (χ4n) is 2.37. The molecule has 26 heavy (non-hydrogen) atoms. The molecule has 0 aliphatic heterocycles. The third kappa shape index (κ3) is 13.3. The second-order valence-electron chi connectivity index (χ2n) is 7.84.